The summed E-state index contributed by atoms with van der Waals surface area (Å²) in [6.45, 7) is 4.13. The highest BCUT2D eigenvalue weighted by molar-refractivity contribution is 6.29. The van der Waals surface area contributed by atoms with E-state index >= 15 is 0 Å². The van der Waals surface area contributed by atoms with E-state index in [-0.39, 0.29) is 14.9 Å². The fourth-order valence-electron chi connectivity index (χ4n) is 0.366. The van der Waals surface area contributed by atoms with Crippen LogP contribution in [0.2, 0.25) is 0 Å². The standard InChI is InChI=1S/C6H11Cl.2CH4/c1-3-5-6(7)4-2;;/h5H,3-4H2,1-2H3;2*1H4/b6-5+;;. The summed E-state index contributed by atoms with van der Waals surface area (Å²) in [5, 5.41) is 0.975. The van der Waals surface area contributed by atoms with Gasteiger partial charge in [-0.1, -0.05) is 46.4 Å². The van der Waals surface area contributed by atoms with Crippen LogP contribution in [0.4, 0.5) is 0 Å². The maximum Gasteiger partial charge on any atom is 0.0138 e. The van der Waals surface area contributed by atoms with Gasteiger partial charge in [0.25, 0.3) is 0 Å². The Morgan fingerprint density at radius 1 is 1.33 bits per heavy atom. The van der Waals surface area contributed by atoms with Gasteiger partial charge in [-0.3, -0.25) is 0 Å². The van der Waals surface area contributed by atoms with Gasteiger partial charge in [0.05, 0.1) is 0 Å². The first kappa shape index (κ1) is 16.0. The van der Waals surface area contributed by atoms with E-state index in [1.54, 1.807) is 0 Å². The van der Waals surface area contributed by atoms with Gasteiger partial charge in [-0.2, -0.15) is 0 Å². The zero-order chi connectivity index (χ0) is 5.70. The highest BCUT2D eigenvalue weighted by Gasteiger charge is 1.79. The first-order chi connectivity index (χ1) is 3.31. The molecule has 0 saturated heterocycles. The van der Waals surface area contributed by atoms with E-state index < -0.39 is 0 Å². The molecular formula is C8H19Cl. The molecule has 0 rings (SSSR count). The molecule has 0 radical (unpaired) electrons. The van der Waals surface area contributed by atoms with Crippen LogP contribution in [-0.4, -0.2) is 0 Å². The van der Waals surface area contributed by atoms with E-state index in [0.29, 0.717) is 0 Å². The summed E-state index contributed by atoms with van der Waals surface area (Å²) in [5.41, 5.74) is 0. The Balaban J connectivity index is -0.000000180. The third kappa shape index (κ3) is 11.5. The van der Waals surface area contributed by atoms with Crippen LogP contribution in [0.15, 0.2) is 11.1 Å². The van der Waals surface area contributed by atoms with Crippen LogP contribution in [-0.2, 0) is 0 Å². The number of halogens is 1. The Bertz CT molecular complexity index is 65.0. The minimum absolute atomic E-state index is 0. The second-order valence-electron chi connectivity index (χ2n) is 1.41. The molecule has 0 aliphatic heterocycles. The number of allylic oxidation sites excluding steroid dienone is 2. The monoisotopic (exact) mass is 150 g/mol. The predicted molar refractivity (Wildman–Crippen MR) is 48.0 cm³/mol. The quantitative estimate of drug-likeness (QED) is 0.554. The largest absolute Gasteiger partial charge is 0.0895 e. The van der Waals surface area contributed by atoms with Crippen LogP contribution in [0, 0.1) is 0 Å². The molecule has 58 valence electrons. The van der Waals surface area contributed by atoms with Crippen LogP contribution in [0.3, 0.4) is 0 Å². The van der Waals surface area contributed by atoms with Crippen molar-refractivity contribution in [1.82, 2.24) is 0 Å². The molecule has 0 fully saturated rings. The predicted octanol–water partition coefficient (Wildman–Crippen LogP) is 4.20. The molecule has 1 heteroatoms. The molecule has 0 aromatic carbocycles. The van der Waals surface area contributed by atoms with E-state index in [9.17, 15) is 0 Å². The minimum atomic E-state index is 0. The van der Waals surface area contributed by atoms with E-state index in [1.165, 1.54) is 0 Å². The molecule has 0 nitrogen and oxygen atoms in total. The fraction of sp³-hybridized carbons (Fsp3) is 0.750. The number of hydrogen-bond acceptors (Lipinski definition) is 0. The molecule has 0 amide bonds. The van der Waals surface area contributed by atoms with Gasteiger partial charge in [0.15, 0.2) is 0 Å². The van der Waals surface area contributed by atoms with Crippen LogP contribution in [0.1, 0.15) is 41.5 Å². The molecule has 0 aliphatic rings. The summed E-state index contributed by atoms with van der Waals surface area (Å²) in [6, 6.07) is 0. The summed E-state index contributed by atoms with van der Waals surface area (Å²) in [7, 11) is 0. The Hall–Kier alpha value is 0.0300. The maximum absolute atomic E-state index is 5.63. The topological polar surface area (TPSA) is 0 Å². The molecule has 0 aliphatic carbocycles. The minimum Gasteiger partial charge on any atom is -0.0895 e. The molecule has 0 N–H and O–H groups in total. The number of rotatable bonds is 2. The van der Waals surface area contributed by atoms with Crippen LogP contribution >= 0.6 is 11.6 Å². The van der Waals surface area contributed by atoms with E-state index in [4.69, 9.17) is 11.6 Å². The Kier molecular flexibility index (Phi) is 19.4. The van der Waals surface area contributed by atoms with Gasteiger partial charge in [-0.05, 0) is 12.8 Å². The molecule has 0 aromatic rings. The maximum atomic E-state index is 5.63. The van der Waals surface area contributed by atoms with Gasteiger partial charge in [-0.25, -0.2) is 0 Å². The first-order valence-electron chi connectivity index (χ1n) is 2.65. The van der Waals surface area contributed by atoms with Gasteiger partial charge < -0.3 is 0 Å². The normalized spacial score (nSPS) is 9.44. The van der Waals surface area contributed by atoms with Crippen molar-refractivity contribution in [2.24, 2.45) is 0 Å². The zero-order valence-corrected chi connectivity index (χ0v) is 5.63. The van der Waals surface area contributed by atoms with Crippen LogP contribution < -0.4 is 0 Å². The third-order valence-electron chi connectivity index (χ3n) is 0.763. The highest BCUT2D eigenvalue weighted by atomic mass is 35.5. The van der Waals surface area contributed by atoms with Gasteiger partial charge >= 0.3 is 0 Å². The average molecular weight is 151 g/mol. The smallest absolute Gasteiger partial charge is 0.0138 e. The van der Waals surface area contributed by atoms with Crippen LogP contribution in [0.25, 0.3) is 0 Å². The Labute approximate surface area is 64.9 Å². The van der Waals surface area contributed by atoms with E-state index in [1.807, 2.05) is 6.08 Å². The summed E-state index contributed by atoms with van der Waals surface area (Å²) in [4.78, 5) is 0. The van der Waals surface area contributed by atoms with Crippen molar-refractivity contribution in [3.63, 3.8) is 0 Å². The van der Waals surface area contributed by atoms with E-state index in [2.05, 4.69) is 13.8 Å². The SMILES string of the molecule is C.C.CC/C=C(/Cl)CC. The Morgan fingerprint density at radius 2 is 1.78 bits per heavy atom. The lowest BCUT2D eigenvalue weighted by Gasteiger charge is -1.85. The average Bonchev–Trinajstić information content (AvgIpc) is 1.68. The second kappa shape index (κ2) is 10.9. The molecule has 0 saturated carbocycles. The van der Waals surface area contributed by atoms with E-state index in [0.717, 1.165) is 17.9 Å². The van der Waals surface area contributed by atoms with Crippen molar-refractivity contribution in [2.45, 2.75) is 41.5 Å². The van der Waals surface area contributed by atoms with Crippen molar-refractivity contribution in [1.29, 1.82) is 0 Å². The van der Waals surface area contributed by atoms with Gasteiger partial charge in [0.1, 0.15) is 0 Å². The zero-order valence-electron chi connectivity index (χ0n) is 4.87. The lowest BCUT2D eigenvalue weighted by molar-refractivity contribution is 1.13. The first-order valence-corrected chi connectivity index (χ1v) is 3.03. The van der Waals surface area contributed by atoms with Gasteiger partial charge in [-0.15, -0.1) is 0 Å². The molecule has 0 heterocycles. The fourth-order valence-corrected chi connectivity index (χ4v) is 0.520. The van der Waals surface area contributed by atoms with Crippen molar-refractivity contribution in [3.8, 4) is 0 Å². The van der Waals surface area contributed by atoms with Crippen LogP contribution in [0.5, 0.6) is 0 Å². The highest BCUT2D eigenvalue weighted by Crippen LogP contribution is 2.05. The summed E-state index contributed by atoms with van der Waals surface area (Å²) >= 11 is 5.63. The lowest BCUT2D eigenvalue weighted by Crippen LogP contribution is -1.63. The van der Waals surface area contributed by atoms with Gasteiger partial charge in [0, 0.05) is 5.03 Å². The lowest BCUT2D eigenvalue weighted by atomic mass is 10.3. The van der Waals surface area contributed by atoms with Crippen molar-refractivity contribution in [2.75, 3.05) is 0 Å². The van der Waals surface area contributed by atoms with Crippen molar-refractivity contribution < 1.29 is 0 Å². The summed E-state index contributed by atoms with van der Waals surface area (Å²) < 4.78 is 0. The molecule has 0 bridgehead atoms. The molecule has 0 unspecified atom stereocenters. The van der Waals surface area contributed by atoms with Crippen molar-refractivity contribution in [3.05, 3.63) is 11.1 Å². The third-order valence-corrected chi connectivity index (χ3v) is 1.18. The molecular weight excluding hydrogens is 132 g/mol. The van der Waals surface area contributed by atoms with Crippen molar-refractivity contribution >= 4 is 11.6 Å². The molecule has 0 aromatic heterocycles. The Morgan fingerprint density at radius 3 is 1.89 bits per heavy atom. The molecule has 0 atom stereocenters. The molecule has 9 heavy (non-hydrogen) atoms. The molecule has 0 spiro atoms. The van der Waals surface area contributed by atoms with Gasteiger partial charge in [0.2, 0.25) is 0 Å². The summed E-state index contributed by atoms with van der Waals surface area (Å²) in [6.07, 6.45) is 4.05. The summed E-state index contributed by atoms with van der Waals surface area (Å²) in [5.74, 6) is 0. The second-order valence-corrected chi connectivity index (χ2v) is 1.90. The number of hydrogen-bond donors (Lipinski definition) is 0.